The van der Waals surface area contributed by atoms with E-state index in [9.17, 15) is 0 Å². The van der Waals surface area contributed by atoms with E-state index in [1.54, 1.807) is 0 Å². The highest BCUT2D eigenvalue weighted by Gasteiger charge is 2.58. The topological polar surface area (TPSA) is 47.3 Å². The third-order valence-electron chi connectivity index (χ3n) is 5.57. The molecular weight excluding hydrogens is 236 g/mol. The summed E-state index contributed by atoms with van der Waals surface area (Å²) in [6, 6.07) is 0.685. The van der Waals surface area contributed by atoms with E-state index in [2.05, 4.69) is 26.1 Å². The van der Waals surface area contributed by atoms with Crippen LogP contribution in [-0.4, -0.2) is 30.8 Å². The molecule has 2 saturated carbocycles. The zero-order chi connectivity index (χ0) is 13.9. The summed E-state index contributed by atoms with van der Waals surface area (Å²) < 4.78 is 5.79. The smallest absolute Gasteiger partial charge is 0.0662 e. The van der Waals surface area contributed by atoms with Gasteiger partial charge in [-0.2, -0.15) is 0 Å². The quantitative estimate of drug-likeness (QED) is 0.754. The van der Waals surface area contributed by atoms with Crippen molar-refractivity contribution in [3.05, 3.63) is 0 Å². The van der Waals surface area contributed by atoms with Gasteiger partial charge in [0.05, 0.1) is 6.10 Å². The molecule has 0 aliphatic heterocycles. The average Bonchev–Trinajstić information content (AvgIpc) is 2.64. The molecule has 2 aliphatic carbocycles. The molecule has 2 unspecified atom stereocenters. The fourth-order valence-corrected chi connectivity index (χ4v) is 3.62. The molecule has 0 bridgehead atoms. The first-order valence-corrected chi connectivity index (χ1v) is 8.13. The first kappa shape index (κ1) is 15.3. The molecule has 0 amide bonds. The van der Waals surface area contributed by atoms with Crippen LogP contribution in [0.5, 0.6) is 0 Å². The van der Waals surface area contributed by atoms with Crippen molar-refractivity contribution < 1.29 is 4.74 Å². The van der Waals surface area contributed by atoms with Gasteiger partial charge in [0.2, 0.25) is 0 Å². The molecule has 2 aliphatic rings. The Morgan fingerprint density at radius 3 is 2.32 bits per heavy atom. The molecule has 0 spiro atoms. The van der Waals surface area contributed by atoms with Crippen LogP contribution in [-0.2, 0) is 4.74 Å². The third-order valence-corrected chi connectivity index (χ3v) is 5.57. The summed E-state index contributed by atoms with van der Waals surface area (Å²) in [4.78, 5) is 0. The van der Waals surface area contributed by atoms with Crippen LogP contribution in [0, 0.1) is 5.41 Å². The molecule has 3 heteroatoms. The van der Waals surface area contributed by atoms with Crippen LogP contribution < -0.4 is 11.1 Å². The minimum Gasteiger partial charge on any atom is -0.378 e. The lowest BCUT2D eigenvalue weighted by Crippen LogP contribution is -2.73. The van der Waals surface area contributed by atoms with Crippen molar-refractivity contribution in [2.45, 2.75) is 83.4 Å². The molecule has 0 saturated heterocycles. The fraction of sp³-hybridized carbons (Fsp3) is 1.00. The molecule has 0 radical (unpaired) electrons. The lowest BCUT2D eigenvalue weighted by atomic mass is 9.54. The standard InChI is InChI=1S/C16H32N2O/c1-4-19-14-11-16(17,15(14,2)3)12-18-13-9-7-5-6-8-10-13/h13-14,18H,4-12,17H2,1-3H3. The molecule has 3 N–H and O–H groups in total. The number of rotatable bonds is 5. The van der Waals surface area contributed by atoms with Crippen LogP contribution in [0.2, 0.25) is 0 Å². The summed E-state index contributed by atoms with van der Waals surface area (Å²) in [6.45, 7) is 8.31. The van der Waals surface area contributed by atoms with E-state index in [0.717, 1.165) is 19.6 Å². The van der Waals surface area contributed by atoms with Crippen molar-refractivity contribution in [2.75, 3.05) is 13.2 Å². The summed E-state index contributed by atoms with van der Waals surface area (Å²) in [7, 11) is 0. The summed E-state index contributed by atoms with van der Waals surface area (Å²) in [5, 5.41) is 3.74. The Labute approximate surface area is 118 Å². The van der Waals surface area contributed by atoms with E-state index < -0.39 is 0 Å². The number of hydrogen-bond acceptors (Lipinski definition) is 3. The number of hydrogen-bond donors (Lipinski definition) is 2. The Bertz CT molecular complexity index is 284. The molecule has 0 aromatic carbocycles. The fourth-order valence-electron chi connectivity index (χ4n) is 3.62. The van der Waals surface area contributed by atoms with Gasteiger partial charge in [0.1, 0.15) is 0 Å². The molecule has 19 heavy (non-hydrogen) atoms. The second kappa shape index (κ2) is 6.11. The van der Waals surface area contributed by atoms with Gasteiger partial charge in [0.25, 0.3) is 0 Å². The minimum atomic E-state index is -0.0981. The van der Waals surface area contributed by atoms with Crippen LogP contribution in [0.3, 0.4) is 0 Å². The van der Waals surface area contributed by atoms with Crippen LogP contribution in [0.4, 0.5) is 0 Å². The summed E-state index contributed by atoms with van der Waals surface area (Å²) >= 11 is 0. The minimum absolute atomic E-state index is 0.0841. The molecule has 2 atom stereocenters. The van der Waals surface area contributed by atoms with Crippen LogP contribution >= 0.6 is 0 Å². The molecule has 0 aromatic rings. The van der Waals surface area contributed by atoms with Crippen molar-refractivity contribution in [1.29, 1.82) is 0 Å². The van der Waals surface area contributed by atoms with Crippen molar-refractivity contribution in [1.82, 2.24) is 5.32 Å². The van der Waals surface area contributed by atoms with E-state index in [4.69, 9.17) is 10.5 Å². The predicted octanol–water partition coefficient (Wildman–Crippen LogP) is 2.83. The summed E-state index contributed by atoms with van der Waals surface area (Å²) in [6.07, 6.45) is 9.54. The lowest BCUT2D eigenvalue weighted by molar-refractivity contribution is -0.148. The van der Waals surface area contributed by atoms with Gasteiger partial charge >= 0.3 is 0 Å². The highest BCUT2D eigenvalue weighted by molar-refractivity contribution is 5.14. The third kappa shape index (κ3) is 3.14. The maximum Gasteiger partial charge on any atom is 0.0662 e. The van der Waals surface area contributed by atoms with Crippen molar-refractivity contribution in [3.63, 3.8) is 0 Å². The van der Waals surface area contributed by atoms with Gasteiger partial charge in [-0.15, -0.1) is 0 Å². The first-order valence-electron chi connectivity index (χ1n) is 8.13. The summed E-state index contributed by atoms with van der Waals surface area (Å²) in [5.41, 5.74) is 6.60. The largest absolute Gasteiger partial charge is 0.378 e. The molecule has 3 nitrogen and oxygen atoms in total. The van der Waals surface area contributed by atoms with Crippen molar-refractivity contribution >= 4 is 0 Å². The number of nitrogens with two attached hydrogens (primary N) is 1. The lowest BCUT2D eigenvalue weighted by Gasteiger charge is -2.59. The molecule has 2 fully saturated rings. The van der Waals surface area contributed by atoms with E-state index in [1.165, 1.54) is 38.5 Å². The zero-order valence-corrected chi connectivity index (χ0v) is 13.0. The van der Waals surface area contributed by atoms with E-state index in [1.807, 2.05) is 0 Å². The molecule has 112 valence electrons. The van der Waals surface area contributed by atoms with Gasteiger partial charge in [-0.1, -0.05) is 39.5 Å². The maximum absolute atomic E-state index is 6.62. The van der Waals surface area contributed by atoms with Gasteiger partial charge in [-0.25, -0.2) is 0 Å². The zero-order valence-electron chi connectivity index (χ0n) is 13.0. The molecule has 0 heterocycles. The Balaban J connectivity index is 1.82. The van der Waals surface area contributed by atoms with Gasteiger partial charge in [0.15, 0.2) is 0 Å². The summed E-state index contributed by atoms with van der Waals surface area (Å²) in [5.74, 6) is 0. The van der Waals surface area contributed by atoms with Crippen molar-refractivity contribution in [2.24, 2.45) is 11.1 Å². The van der Waals surface area contributed by atoms with E-state index in [0.29, 0.717) is 12.1 Å². The molecular formula is C16H32N2O. The highest BCUT2D eigenvalue weighted by atomic mass is 16.5. The normalized spacial score (nSPS) is 35.7. The SMILES string of the molecule is CCOC1CC(N)(CNC2CCCCCC2)C1(C)C. The second-order valence-corrected chi connectivity index (χ2v) is 7.10. The van der Waals surface area contributed by atoms with Crippen LogP contribution in [0.25, 0.3) is 0 Å². The Kier molecular flexibility index (Phi) is 4.91. The monoisotopic (exact) mass is 268 g/mol. The Hall–Kier alpha value is -0.120. The first-order chi connectivity index (χ1) is 8.99. The molecule has 2 rings (SSSR count). The van der Waals surface area contributed by atoms with Crippen LogP contribution in [0.15, 0.2) is 0 Å². The van der Waals surface area contributed by atoms with E-state index in [-0.39, 0.29) is 11.0 Å². The average molecular weight is 268 g/mol. The van der Waals surface area contributed by atoms with Gasteiger partial charge in [-0.05, 0) is 26.2 Å². The number of ether oxygens (including phenoxy) is 1. The van der Waals surface area contributed by atoms with Gasteiger partial charge in [0, 0.05) is 30.1 Å². The highest BCUT2D eigenvalue weighted by Crippen LogP contribution is 2.49. The van der Waals surface area contributed by atoms with Crippen molar-refractivity contribution in [3.8, 4) is 0 Å². The van der Waals surface area contributed by atoms with E-state index >= 15 is 0 Å². The Morgan fingerprint density at radius 2 is 1.79 bits per heavy atom. The second-order valence-electron chi connectivity index (χ2n) is 7.10. The van der Waals surface area contributed by atoms with Gasteiger partial charge in [-0.3, -0.25) is 0 Å². The maximum atomic E-state index is 6.62. The van der Waals surface area contributed by atoms with Crippen LogP contribution in [0.1, 0.15) is 65.7 Å². The molecule has 0 aromatic heterocycles. The van der Waals surface area contributed by atoms with Gasteiger partial charge < -0.3 is 15.8 Å². The predicted molar refractivity (Wildman–Crippen MR) is 80.2 cm³/mol. The number of nitrogens with one attached hydrogen (secondary N) is 1. The Morgan fingerprint density at radius 1 is 1.16 bits per heavy atom.